The average molecular weight is 200 g/mol. The van der Waals surface area contributed by atoms with Gasteiger partial charge in [-0.15, -0.1) is 0 Å². The lowest BCUT2D eigenvalue weighted by molar-refractivity contribution is 0.103. The smallest absolute Gasteiger partial charge is 0.168 e. The molecule has 0 atom stereocenters. The Hall–Kier alpha value is -0.530. The van der Waals surface area contributed by atoms with Crippen molar-refractivity contribution in [3.05, 3.63) is 39.7 Å². The minimum Gasteiger partial charge on any atom is -0.294 e. The van der Waals surface area contributed by atoms with Crippen LogP contribution in [0.25, 0.3) is 0 Å². The summed E-state index contributed by atoms with van der Waals surface area (Å²) in [6.07, 6.45) is 2.27. The first-order valence-electron chi connectivity index (χ1n) is 3.54. The summed E-state index contributed by atoms with van der Waals surface area (Å²) < 4.78 is 0. The van der Waals surface area contributed by atoms with E-state index < -0.39 is 0 Å². The molecule has 1 aliphatic carbocycles. The van der Waals surface area contributed by atoms with Crippen LogP contribution in [0.3, 0.4) is 0 Å². The molecule has 0 N–H and O–H groups in total. The fourth-order valence-corrected chi connectivity index (χ4v) is 2.00. The number of carbonyl (C=O) groups is 1. The van der Waals surface area contributed by atoms with Crippen LogP contribution in [0.15, 0.2) is 12.1 Å². The number of benzene rings is 1. The molecule has 0 spiro atoms. The Balaban J connectivity index is 2.68. The first-order chi connectivity index (χ1) is 5.68. The van der Waals surface area contributed by atoms with E-state index in [1.807, 2.05) is 0 Å². The van der Waals surface area contributed by atoms with E-state index in [1.54, 1.807) is 18.6 Å². The van der Waals surface area contributed by atoms with Crippen LogP contribution in [0.1, 0.15) is 15.9 Å². The summed E-state index contributed by atoms with van der Waals surface area (Å²) in [5, 5.41) is 1.04. The minimum atomic E-state index is 0.00617. The molecular formula is C9H5Cl2O. The van der Waals surface area contributed by atoms with Gasteiger partial charge >= 0.3 is 0 Å². The lowest BCUT2D eigenvalue weighted by Crippen LogP contribution is -1.92. The zero-order valence-corrected chi connectivity index (χ0v) is 7.62. The Kier molecular flexibility index (Phi) is 1.85. The highest BCUT2D eigenvalue weighted by atomic mass is 35.5. The molecular weight excluding hydrogens is 195 g/mol. The molecule has 0 saturated carbocycles. The molecule has 0 bridgehead atoms. The second-order valence-corrected chi connectivity index (χ2v) is 3.54. The van der Waals surface area contributed by atoms with E-state index in [0.717, 1.165) is 5.56 Å². The Bertz CT molecular complexity index is 358. The van der Waals surface area contributed by atoms with Crippen LogP contribution in [0.4, 0.5) is 0 Å². The van der Waals surface area contributed by atoms with Crippen molar-refractivity contribution in [3.63, 3.8) is 0 Å². The van der Waals surface area contributed by atoms with Gasteiger partial charge in [-0.1, -0.05) is 23.2 Å². The van der Waals surface area contributed by atoms with Crippen molar-refractivity contribution in [2.75, 3.05) is 0 Å². The third-order valence-corrected chi connectivity index (χ3v) is 2.41. The third-order valence-electron chi connectivity index (χ3n) is 1.89. The quantitative estimate of drug-likeness (QED) is 0.629. The predicted molar refractivity (Wildman–Crippen MR) is 48.8 cm³/mol. The Morgan fingerprint density at radius 2 is 2.00 bits per heavy atom. The Labute approximate surface area is 80.3 Å². The van der Waals surface area contributed by atoms with E-state index in [2.05, 4.69) is 0 Å². The van der Waals surface area contributed by atoms with E-state index in [1.165, 1.54) is 0 Å². The number of fused-ring (bicyclic) bond motifs is 1. The van der Waals surface area contributed by atoms with Gasteiger partial charge in [-0.25, -0.2) is 0 Å². The van der Waals surface area contributed by atoms with Gasteiger partial charge < -0.3 is 0 Å². The summed E-state index contributed by atoms with van der Waals surface area (Å²) >= 11 is 11.6. The number of halogens is 2. The molecule has 0 heterocycles. The van der Waals surface area contributed by atoms with Crippen molar-refractivity contribution in [3.8, 4) is 0 Å². The molecule has 3 heteroatoms. The van der Waals surface area contributed by atoms with Gasteiger partial charge in [0.05, 0.1) is 5.02 Å². The molecule has 1 aromatic rings. The maximum Gasteiger partial charge on any atom is 0.168 e. The van der Waals surface area contributed by atoms with Crippen LogP contribution in [0, 0.1) is 6.42 Å². The molecule has 1 nitrogen and oxygen atoms in total. The van der Waals surface area contributed by atoms with Crippen molar-refractivity contribution in [2.45, 2.75) is 6.42 Å². The highest BCUT2D eigenvalue weighted by molar-refractivity contribution is 6.37. The van der Waals surface area contributed by atoms with Gasteiger partial charge in [-0.2, -0.15) is 0 Å². The molecule has 61 valence electrons. The van der Waals surface area contributed by atoms with Gasteiger partial charge in [-0.3, -0.25) is 4.79 Å². The SMILES string of the molecule is O=C1[CH]Cc2cc(Cl)cc(Cl)c21. The van der Waals surface area contributed by atoms with Gasteiger partial charge in [0.2, 0.25) is 0 Å². The lowest BCUT2D eigenvalue weighted by atomic mass is 10.1. The molecule has 2 rings (SSSR count). The van der Waals surface area contributed by atoms with Crippen LogP contribution in [-0.2, 0) is 6.42 Å². The van der Waals surface area contributed by atoms with Gasteiger partial charge in [0, 0.05) is 17.0 Å². The number of rotatable bonds is 0. The van der Waals surface area contributed by atoms with E-state index in [-0.39, 0.29) is 5.78 Å². The zero-order chi connectivity index (χ0) is 8.72. The summed E-state index contributed by atoms with van der Waals surface area (Å²) in [4.78, 5) is 11.2. The summed E-state index contributed by atoms with van der Waals surface area (Å²) in [5.41, 5.74) is 1.54. The zero-order valence-electron chi connectivity index (χ0n) is 6.10. The second-order valence-electron chi connectivity index (χ2n) is 2.69. The van der Waals surface area contributed by atoms with Crippen LogP contribution < -0.4 is 0 Å². The molecule has 12 heavy (non-hydrogen) atoms. The van der Waals surface area contributed by atoms with Crippen LogP contribution in [0.2, 0.25) is 10.0 Å². The van der Waals surface area contributed by atoms with E-state index >= 15 is 0 Å². The van der Waals surface area contributed by atoms with Crippen LogP contribution in [-0.4, -0.2) is 5.78 Å². The standard InChI is InChI=1S/C9H5Cl2O/c10-6-3-5-1-2-8(12)9(5)7(11)4-6/h2-4H,1H2. The topological polar surface area (TPSA) is 17.1 Å². The molecule has 1 aromatic carbocycles. The highest BCUT2D eigenvalue weighted by Gasteiger charge is 2.22. The average Bonchev–Trinajstić information content (AvgIpc) is 2.31. The van der Waals surface area contributed by atoms with Gasteiger partial charge in [0.1, 0.15) is 0 Å². The summed E-state index contributed by atoms with van der Waals surface area (Å²) in [6, 6.07) is 3.38. The van der Waals surface area contributed by atoms with Gasteiger partial charge in [0.15, 0.2) is 5.78 Å². The van der Waals surface area contributed by atoms with Crippen molar-refractivity contribution in [1.29, 1.82) is 0 Å². The molecule has 0 unspecified atom stereocenters. The number of ketones is 1. The van der Waals surface area contributed by atoms with E-state index in [4.69, 9.17) is 23.2 Å². The van der Waals surface area contributed by atoms with Gasteiger partial charge in [-0.05, 0) is 24.1 Å². The number of carbonyl (C=O) groups excluding carboxylic acids is 1. The molecule has 0 fully saturated rings. The largest absolute Gasteiger partial charge is 0.294 e. The van der Waals surface area contributed by atoms with Crippen molar-refractivity contribution in [1.82, 2.24) is 0 Å². The molecule has 1 radical (unpaired) electrons. The second kappa shape index (κ2) is 2.75. The van der Waals surface area contributed by atoms with Crippen LogP contribution in [0.5, 0.6) is 0 Å². The van der Waals surface area contributed by atoms with Crippen molar-refractivity contribution >= 4 is 29.0 Å². The van der Waals surface area contributed by atoms with Gasteiger partial charge in [0.25, 0.3) is 0 Å². The molecule has 0 amide bonds. The Morgan fingerprint density at radius 3 is 2.75 bits per heavy atom. The summed E-state index contributed by atoms with van der Waals surface area (Å²) in [5.74, 6) is 0.00617. The summed E-state index contributed by atoms with van der Waals surface area (Å²) in [6.45, 7) is 0. The first kappa shape index (κ1) is 8.09. The van der Waals surface area contributed by atoms with Crippen molar-refractivity contribution in [2.24, 2.45) is 0 Å². The normalized spacial score (nSPS) is 15.0. The van der Waals surface area contributed by atoms with Crippen molar-refractivity contribution < 1.29 is 4.79 Å². The lowest BCUT2D eigenvalue weighted by Gasteiger charge is -2.00. The van der Waals surface area contributed by atoms with E-state index in [9.17, 15) is 4.79 Å². The van der Waals surface area contributed by atoms with E-state index in [0.29, 0.717) is 22.0 Å². The molecule has 0 aliphatic heterocycles. The highest BCUT2D eigenvalue weighted by Crippen LogP contribution is 2.31. The fourth-order valence-electron chi connectivity index (χ4n) is 1.37. The Morgan fingerprint density at radius 1 is 1.25 bits per heavy atom. The first-order valence-corrected chi connectivity index (χ1v) is 4.29. The van der Waals surface area contributed by atoms with Crippen LogP contribution >= 0.6 is 23.2 Å². The molecule has 0 saturated heterocycles. The monoisotopic (exact) mass is 199 g/mol. The third kappa shape index (κ3) is 1.13. The number of hydrogen-bond acceptors (Lipinski definition) is 1. The maximum atomic E-state index is 11.2. The molecule has 0 aromatic heterocycles. The fraction of sp³-hybridized carbons (Fsp3) is 0.111. The minimum absolute atomic E-state index is 0.00617. The molecule has 1 aliphatic rings. The number of hydrogen-bond donors (Lipinski definition) is 0. The maximum absolute atomic E-state index is 11.2. The summed E-state index contributed by atoms with van der Waals surface area (Å²) in [7, 11) is 0. The number of Topliss-reactive ketones (excluding diaryl/α,β-unsaturated/α-hetero) is 1. The predicted octanol–water partition coefficient (Wildman–Crippen LogP) is 2.94.